The second kappa shape index (κ2) is 7.17. The Bertz CT molecular complexity index is 1490. The van der Waals surface area contributed by atoms with Crippen molar-refractivity contribution in [1.29, 1.82) is 0 Å². The molecular formula is C22H15ClF3N7. The van der Waals surface area contributed by atoms with Crippen molar-refractivity contribution in [2.45, 2.75) is 24.7 Å². The maximum absolute atomic E-state index is 14.0. The third-order valence-electron chi connectivity index (χ3n) is 5.77. The van der Waals surface area contributed by atoms with Gasteiger partial charge in [-0.3, -0.25) is 0 Å². The smallest absolute Gasteiger partial charge is 0.363 e. The fourth-order valence-electron chi connectivity index (χ4n) is 4.18. The van der Waals surface area contributed by atoms with Crippen LogP contribution in [0.15, 0.2) is 60.9 Å². The van der Waals surface area contributed by atoms with Gasteiger partial charge in [-0.1, -0.05) is 35.9 Å². The molecule has 7 nitrogen and oxygen atoms in total. The van der Waals surface area contributed by atoms with Crippen LogP contribution >= 0.6 is 11.6 Å². The van der Waals surface area contributed by atoms with Gasteiger partial charge in [0.1, 0.15) is 17.8 Å². The van der Waals surface area contributed by atoms with Crippen molar-refractivity contribution in [1.82, 2.24) is 29.4 Å². The first kappa shape index (κ1) is 20.0. The van der Waals surface area contributed by atoms with E-state index in [2.05, 4.69) is 25.5 Å². The van der Waals surface area contributed by atoms with E-state index in [-0.39, 0.29) is 23.8 Å². The Hall–Kier alpha value is -3.66. The van der Waals surface area contributed by atoms with Crippen molar-refractivity contribution in [2.75, 3.05) is 5.32 Å². The van der Waals surface area contributed by atoms with Crippen molar-refractivity contribution in [2.24, 2.45) is 0 Å². The van der Waals surface area contributed by atoms with Crippen LogP contribution in [0.2, 0.25) is 5.02 Å². The highest BCUT2D eigenvalue weighted by Crippen LogP contribution is 2.44. The molecule has 1 N–H and O–H groups in total. The lowest BCUT2D eigenvalue weighted by molar-refractivity contribution is -0.173. The van der Waals surface area contributed by atoms with Crippen LogP contribution in [-0.2, 0) is 0 Å². The van der Waals surface area contributed by atoms with E-state index in [9.17, 15) is 13.2 Å². The third-order valence-corrected chi connectivity index (χ3v) is 6.03. The van der Waals surface area contributed by atoms with Gasteiger partial charge in [0, 0.05) is 22.9 Å². The Labute approximate surface area is 189 Å². The first-order chi connectivity index (χ1) is 15.9. The first-order valence-corrected chi connectivity index (χ1v) is 10.5. The molecule has 1 aliphatic rings. The quantitative estimate of drug-likeness (QED) is 0.372. The van der Waals surface area contributed by atoms with Gasteiger partial charge in [0.2, 0.25) is 5.82 Å². The summed E-state index contributed by atoms with van der Waals surface area (Å²) in [5.74, 6) is 0.473. The molecule has 0 unspecified atom stereocenters. The summed E-state index contributed by atoms with van der Waals surface area (Å²) in [4.78, 5) is 8.88. The number of nitrogens with one attached hydrogen (secondary N) is 1. The molecular weight excluding hydrogens is 455 g/mol. The zero-order chi connectivity index (χ0) is 22.7. The van der Waals surface area contributed by atoms with Crippen molar-refractivity contribution >= 4 is 34.0 Å². The molecule has 4 heterocycles. The standard InChI is InChI=1S/C22H15ClF3N7/c23-13-7-5-12(6-8-13)16-9-18(22(24,25)26)33-19(28-16)10-17(30-33)20-29-21-14-3-1-2-4-15(14)27-11-32(21)31-20/h1-8,10-11,16,18,28H,9H2/t16-,18-/m1/s1. The van der Waals surface area contributed by atoms with Crippen molar-refractivity contribution in [3.8, 4) is 11.5 Å². The highest BCUT2D eigenvalue weighted by molar-refractivity contribution is 6.30. The molecule has 0 radical (unpaired) electrons. The van der Waals surface area contributed by atoms with Gasteiger partial charge in [-0.15, -0.1) is 5.10 Å². The van der Waals surface area contributed by atoms with E-state index in [1.165, 1.54) is 10.8 Å². The molecule has 1 aliphatic heterocycles. The summed E-state index contributed by atoms with van der Waals surface area (Å²) in [6.07, 6.45) is -3.15. The zero-order valence-corrected chi connectivity index (χ0v) is 17.6. The summed E-state index contributed by atoms with van der Waals surface area (Å²) in [7, 11) is 0. The van der Waals surface area contributed by atoms with Gasteiger partial charge >= 0.3 is 6.18 Å². The Kier molecular flexibility index (Phi) is 4.34. The van der Waals surface area contributed by atoms with Crippen LogP contribution in [0.25, 0.3) is 28.1 Å². The predicted octanol–water partition coefficient (Wildman–Crippen LogP) is 5.45. The average molecular weight is 470 g/mol. The molecule has 11 heteroatoms. The summed E-state index contributed by atoms with van der Waals surface area (Å²) in [5.41, 5.74) is 2.26. The minimum Gasteiger partial charge on any atom is -0.363 e. The maximum Gasteiger partial charge on any atom is 0.410 e. The Morgan fingerprint density at radius 2 is 1.82 bits per heavy atom. The molecule has 2 aromatic carbocycles. The van der Waals surface area contributed by atoms with E-state index in [1.807, 2.05) is 24.3 Å². The van der Waals surface area contributed by atoms with E-state index >= 15 is 0 Å². The van der Waals surface area contributed by atoms with E-state index in [0.717, 1.165) is 15.6 Å². The minimum absolute atomic E-state index is 0.202. The van der Waals surface area contributed by atoms with Gasteiger partial charge in [0.15, 0.2) is 11.7 Å². The number of para-hydroxylation sites is 1. The molecule has 33 heavy (non-hydrogen) atoms. The molecule has 6 rings (SSSR count). The van der Waals surface area contributed by atoms with E-state index in [1.54, 1.807) is 30.3 Å². The molecule has 0 saturated carbocycles. The second-order valence-corrected chi connectivity index (χ2v) is 8.30. The fourth-order valence-corrected chi connectivity index (χ4v) is 4.31. The van der Waals surface area contributed by atoms with Gasteiger partial charge in [0.05, 0.1) is 11.6 Å². The van der Waals surface area contributed by atoms with Gasteiger partial charge in [-0.05, 0) is 29.8 Å². The number of alkyl halides is 3. The van der Waals surface area contributed by atoms with Gasteiger partial charge in [0.25, 0.3) is 0 Å². The van der Waals surface area contributed by atoms with Crippen LogP contribution in [0.1, 0.15) is 24.1 Å². The summed E-state index contributed by atoms with van der Waals surface area (Å²) in [5, 5.41) is 13.1. The summed E-state index contributed by atoms with van der Waals surface area (Å²) >= 11 is 5.94. The highest BCUT2D eigenvalue weighted by Gasteiger charge is 2.46. The third kappa shape index (κ3) is 3.37. The number of rotatable bonds is 2. The molecule has 0 fully saturated rings. The van der Waals surface area contributed by atoms with Crippen molar-refractivity contribution in [3.63, 3.8) is 0 Å². The molecule has 0 spiro atoms. The van der Waals surface area contributed by atoms with Gasteiger partial charge < -0.3 is 5.32 Å². The van der Waals surface area contributed by atoms with Crippen LogP contribution in [0.3, 0.4) is 0 Å². The predicted molar refractivity (Wildman–Crippen MR) is 117 cm³/mol. The average Bonchev–Trinajstić information content (AvgIpc) is 3.42. The number of nitrogens with zero attached hydrogens (tertiary/aromatic N) is 6. The number of hydrogen-bond donors (Lipinski definition) is 1. The number of aromatic nitrogens is 6. The Balaban J connectivity index is 1.44. The van der Waals surface area contributed by atoms with Crippen LogP contribution < -0.4 is 5.32 Å². The monoisotopic (exact) mass is 469 g/mol. The number of fused-ring (bicyclic) bond motifs is 4. The molecule has 0 aliphatic carbocycles. The normalized spacial score (nSPS) is 18.4. The van der Waals surface area contributed by atoms with Crippen molar-refractivity contribution in [3.05, 3.63) is 71.5 Å². The Morgan fingerprint density at radius 1 is 1.03 bits per heavy atom. The van der Waals surface area contributed by atoms with Gasteiger partial charge in [-0.2, -0.15) is 18.3 Å². The molecule has 0 amide bonds. The molecule has 0 saturated heterocycles. The number of benzene rings is 2. The van der Waals surface area contributed by atoms with Crippen LogP contribution in [0.4, 0.5) is 19.0 Å². The molecule has 3 aromatic heterocycles. The Morgan fingerprint density at radius 3 is 2.61 bits per heavy atom. The zero-order valence-electron chi connectivity index (χ0n) is 16.8. The first-order valence-electron chi connectivity index (χ1n) is 10.2. The largest absolute Gasteiger partial charge is 0.410 e. The number of anilines is 1. The molecule has 5 aromatic rings. The van der Waals surface area contributed by atoms with E-state index in [0.29, 0.717) is 16.2 Å². The van der Waals surface area contributed by atoms with Crippen LogP contribution in [0.5, 0.6) is 0 Å². The molecule has 2 atom stereocenters. The minimum atomic E-state index is -4.47. The topological polar surface area (TPSA) is 72.9 Å². The number of hydrogen-bond acceptors (Lipinski definition) is 5. The highest BCUT2D eigenvalue weighted by atomic mass is 35.5. The molecule has 166 valence electrons. The summed E-state index contributed by atoms with van der Waals surface area (Å²) < 4.78 is 44.4. The summed E-state index contributed by atoms with van der Waals surface area (Å²) in [6, 6.07) is 13.4. The van der Waals surface area contributed by atoms with Crippen LogP contribution in [0, 0.1) is 0 Å². The van der Waals surface area contributed by atoms with Crippen molar-refractivity contribution < 1.29 is 13.2 Å². The van der Waals surface area contributed by atoms with E-state index < -0.39 is 18.3 Å². The van der Waals surface area contributed by atoms with E-state index in [4.69, 9.17) is 11.6 Å². The van der Waals surface area contributed by atoms with Crippen LogP contribution in [-0.4, -0.2) is 35.5 Å². The fraction of sp³-hybridized carbons (Fsp3) is 0.182. The lowest BCUT2D eigenvalue weighted by Crippen LogP contribution is -2.35. The summed E-state index contributed by atoms with van der Waals surface area (Å²) in [6.45, 7) is 0. The lowest BCUT2D eigenvalue weighted by Gasteiger charge is -2.33. The lowest BCUT2D eigenvalue weighted by atomic mass is 9.97. The maximum atomic E-state index is 14.0. The number of halogens is 4. The second-order valence-electron chi connectivity index (χ2n) is 7.87. The SMILES string of the molecule is FC(F)(F)[C@H]1C[C@H](c2ccc(Cl)cc2)Nc2cc(-c3nc4c5ccccc5ncn4n3)nn21. The van der Waals surface area contributed by atoms with Gasteiger partial charge in [-0.25, -0.2) is 19.2 Å². The molecule has 0 bridgehead atoms.